The maximum absolute atomic E-state index is 12.3. The van der Waals surface area contributed by atoms with E-state index in [1.807, 2.05) is 4.98 Å². The number of ether oxygens (including phenoxy) is 2. The zero-order chi connectivity index (χ0) is 27.0. The highest BCUT2D eigenvalue weighted by Crippen LogP contribution is 2.60. The fourth-order valence-electron chi connectivity index (χ4n) is 3.69. The van der Waals surface area contributed by atoms with Gasteiger partial charge in [-0.1, -0.05) is 0 Å². The third-order valence-corrected chi connectivity index (χ3v) is 8.61. The lowest BCUT2D eigenvalue weighted by Gasteiger charge is -2.22. The van der Waals surface area contributed by atoms with Crippen LogP contribution in [0.25, 0.3) is 0 Å². The Hall–Kier alpha value is -1.34. The highest BCUT2D eigenvalue weighted by atomic mass is 31.3. The van der Waals surface area contributed by atoms with E-state index in [-0.39, 0.29) is 0 Å². The molecule has 0 spiro atoms. The van der Waals surface area contributed by atoms with Crippen molar-refractivity contribution in [2.24, 2.45) is 0 Å². The first-order valence-corrected chi connectivity index (χ1v) is 13.6. The molecule has 2 saturated heterocycles. The van der Waals surface area contributed by atoms with E-state index in [9.17, 15) is 54.0 Å². The summed E-state index contributed by atoms with van der Waals surface area (Å²) in [5.74, 6) is 0. The van der Waals surface area contributed by atoms with Crippen LogP contribution in [0, 0.1) is 0 Å². The van der Waals surface area contributed by atoms with E-state index in [0.717, 1.165) is 16.8 Å². The smallest absolute Gasteiger partial charge is 0.394 e. The molecule has 0 saturated carbocycles. The van der Waals surface area contributed by atoms with Crippen molar-refractivity contribution in [1.29, 1.82) is 0 Å². The standard InChI is InChI=1S/C16H26N2O16P2/c19-3-6(20)14-12(24)11(23)8(32-14)5-35(27,28)34-36(29,30)31-4-7-10(22)13(25)15(33-7)18-2-1-9(21)17-16(18)26/h1-2,6-8,10-15,19-20,22-25H,3-5H2,(H,27,28)(H,29,30)(H,17,21,26)/t6-,7-,8-,10-,11+,12-,13-,14+,15-/m1/s1. The van der Waals surface area contributed by atoms with Gasteiger partial charge in [0, 0.05) is 12.3 Å². The molecule has 3 rings (SSSR count). The third-order valence-electron chi connectivity index (χ3n) is 5.47. The van der Waals surface area contributed by atoms with Gasteiger partial charge in [0.25, 0.3) is 5.56 Å². The molecule has 206 valence electrons. The molecule has 36 heavy (non-hydrogen) atoms. The van der Waals surface area contributed by atoms with E-state index in [1.54, 1.807) is 0 Å². The van der Waals surface area contributed by atoms with Gasteiger partial charge in [-0.3, -0.25) is 23.4 Å². The van der Waals surface area contributed by atoms with E-state index < -0.39 is 101 Å². The van der Waals surface area contributed by atoms with E-state index in [4.69, 9.17) is 14.6 Å². The number of phosphoric ester groups is 1. The van der Waals surface area contributed by atoms with Gasteiger partial charge in [-0.25, -0.2) is 13.7 Å². The number of nitrogens with one attached hydrogen (secondary N) is 1. The molecule has 2 aliphatic heterocycles. The topological polar surface area (TPSA) is 288 Å². The third kappa shape index (κ3) is 6.56. The number of aliphatic hydroxyl groups is 6. The van der Waals surface area contributed by atoms with Gasteiger partial charge < -0.3 is 49.9 Å². The molecule has 3 heterocycles. The zero-order valence-corrected chi connectivity index (χ0v) is 19.9. The Balaban J connectivity index is 1.60. The van der Waals surface area contributed by atoms with Crippen molar-refractivity contribution in [3.63, 3.8) is 0 Å². The monoisotopic (exact) mass is 564 g/mol. The molecule has 0 aliphatic carbocycles. The zero-order valence-electron chi connectivity index (χ0n) is 18.2. The van der Waals surface area contributed by atoms with Gasteiger partial charge in [-0.15, -0.1) is 0 Å². The van der Waals surface area contributed by atoms with Crippen LogP contribution in [0.3, 0.4) is 0 Å². The van der Waals surface area contributed by atoms with E-state index >= 15 is 0 Å². The Morgan fingerprint density at radius 2 is 1.67 bits per heavy atom. The van der Waals surface area contributed by atoms with Gasteiger partial charge in [0.2, 0.25) is 0 Å². The minimum absolute atomic E-state index is 0.735. The number of H-pyrrole nitrogens is 1. The lowest BCUT2D eigenvalue weighted by molar-refractivity contribution is -0.0786. The molecule has 2 fully saturated rings. The number of rotatable bonds is 10. The second-order valence-corrected chi connectivity index (χ2v) is 11.6. The van der Waals surface area contributed by atoms with Crippen molar-refractivity contribution in [3.05, 3.63) is 33.1 Å². The average Bonchev–Trinajstić information content (AvgIpc) is 3.21. The Morgan fingerprint density at radius 3 is 2.28 bits per heavy atom. The second kappa shape index (κ2) is 11.2. The molecule has 2 unspecified atom stereocenters. The summed E-state index contributed by atoms with van der Waals surface area (Å²) in [5, 5.41) is 58.6. The van der Waals surface area contributed by atoms with Crippen LogP contribution >= 0.6 is 15.4 Å². The Labute approximate surface area is 201 Å². The number of aromatic nitrogens is 2. The summed E-state index contributed by atoms with van der Waals surface area (Å²) in [7, 11) is -10.4. The predicted octanol–water partition coefficient (Wildman–Crippen LogP) is -4.68. The van der Waals surface area contributed by atoms with Crippen molar-refractivity contribution in [3.8, 4) is 0 Å². The molecular formula is C16H26N2O16P2. The quantitative estimate of drug-likeness (QED) is 0.121. The van der Waals surface area contributed by atoms with Crippen molar-refractivity contribution in [2.45, 2.75) is 55.1 Å². The predicted molar refractivity (Wildman–Crippen MR) is 113 cm³/mol. The SMILES string of the molecule is O=c1ccn([C@@H]2O[C@H](COP(=O)(O)OP(=O)(O)C[C@H]3O[C@@H]([C@H](O)CO)[C@H](O)[C@H]3O)[C@@H](O)[C@H]2O)c(=O)[nH]1. The summed E-state index contributed by atoms with van der Waals surface area (Å²) in [5.41, 5.74) is -1.71. The van der Waals surface area contributed by atoms with Gasteiger partial charge in [0.05, 0.1) is 25.5 Å². The lowest BCUT2D eigenvalue weighted by atomic mass is 10.1. The van der Waals surface area contributed by atoms with Gasteiger partial charge in [-0.05, 0) is 0 Å². The van der Waals surface area contributed by atoms with Crippen LogP contribution in [0.2, 0.25) is 0 Å². The Morgan fingerprint density at radius 1 is 1.03 bits per heavy atom. The van der Waals surface area contributed by atoms with Crippen molar-refractivity contribution in [2.75, 3.05) is 19.4 Å². The molecule has 1 aromatic heterocycles. The minimum atomic E-state index is -5.34. The maximum Gasteiger partial charge on any atom is 0.479 e. The number of nitrogens with zero attached hydrogens (tertiary/aromatic N) is 1. The Kier molecular flexibility index (Phi) is 9.08. The molecule has 0 radical (unpaired) electrons. The van der Waals surface area contributed by atoms with Crippen LogP contribution in [-0.4, -0.2) is 118 Å². The van der Waals surface area contributed by atoms with Gasteiger partial charge in [0.1, 0.15) is 42.7 Å². The van der Waals surface area contributed by atoms with Crippen LogP contribution in [-0.2, 0) is 27.4 Å². The molecule has 2 aliphatic rings. The molecule has 0 amide bonds. The number of aliphatic hydroxyl groups excluding tert-OH is 6. The van der Waals surface area contributed by atoms with Crippen LogP contribution in [0.15, 0.2) is 21.9 Å². The first kappa shape index (κ1) is 29.2. The highest BCUT2D eigenvalue weighted by Gasteiger charge is 2.50. The summed E-state index contributed by atoms with van der Waals surface area (Å²) >= 11 is 0. The molecular weight excluding hydrogens is 538 g/mol. The van der Waals surface area contributed by atoms with Crippen LogP contribution < -0.4 is 11.2 Å². The number of phosphoric acid groups is 1. The van der Waals surface area contributed by atoms with Crippen molar-refractivity contribution in [1.82, 2.24) is 9.55 Å². The first-order valence-electron chi connectivity index (χ1n) is 10.3. The van der Waals surface area contributed by atoms with Crippen LogP contribution in [0.4, 0.5) is 0 Å². The fourth-order valence-corrected chi connectivity index (χ4v) is 6.53. The molecule has 0 aromatic carbocycles. The molecule has 20 heteroatoms. The largest absolute Gasteiger partial charge is 0.479 e. The summed E-state index contributed by atoms with van der Waals surface area (Å²) < 4.78 is 44.5. The highest BCUT2D eigenvalue weighted by molar-refractivity contribution is 7.64. The summed E-state index contributed by atoms with van der Waals surface area (Å²) in [6, 6.07) is 0.943. The lowest BCUT2D eigenvalue weighted by Crippen LogP contribution is -2.40. The average molecular weight is 564 g/mol. The van der Waals surface area contributed by atoms with E-state index in [0.29, 0.717) is 0 Å². The second-order valence-electron chi connectivity index (χ2n) is 8.10. The molecule has 11 atom stereocenters. The molecule has 0 bridgehead atoms. The van der Waals surface area contributed by atoms with Crippen molar-refractivity contribution < 1.29 is 67.9 Å². The number of hydrogen-bond donors (Lipinski definition) is 9. The summed E-state index contributed by atoms with van der Waals surface area (Å²) in [4.78, 5) is 44.8. The normalized spacial score (nSPS) is 36.9. The molecule has 9 N–H and O–H groups in total. The van der Waals surface area contributed by atoms with Crippen LogP contribution in [0.1, 0.15) is 6.23 Å². The Bertz CT molecular complexity index is 1130. The number of aromatic amines is 1. The van der Waals surface area contributed by atoms with Crippen molar-refractivity contribution >= 4 is 15.4 Å². The van der Waals surface area contributed by atoms with Gasteiger partial charge >= 0.3 is 21.1 Å². The van der Waals surface area contributed by atoms with Crippen LogP contribution in [0.5, 0.6) is 0 Å². The molecule has 18 nitrogen and oxygen atoms in total. The van der Waals surface area contributed by atoms with Gasteiger partial charge in [-0.2, -0.15) is 0 Å². The maximum atomic E-state index is 12.3. The molecule has 1 aromatic rings. The fraction of sp³-hybridized carbons (Fsp3) is 0.750. The number of hydrogen-bond acceptors (Lipinski definition) is 14. The summed E-state index contributed by atoms with van der Waals surface area (Å²) in [6.45, 7) is -1.82. The first-order chi connectivity index (χ1) is 16.7. The van der Waals surface area contributed by atoms with E-state index in [1.165, 1.54) is 0 Å². The van der Waals surface area contributed by atoms with E-state index in [2.05, 4.69) is 8.83 Å². The minimum Gasteiger partial charge on any atom is -0.394 e. The summed E-state index contributed by atoms with van der Waals surface area (Å²) in [6.07, 6.45) is -15.0. The van der Waals surface area contributed by atoms with Gasteiger partial charge in [0.15, 0.2) is 6.23 Å².